The fourth-order valence-corrected chi connectivity index (χ4v) is 2.44. The van der Waals surface area contributed by atoms with Crippen LogP contribution in [0.1, 0.15) is 11.1 Å². The predicted octanol–water partition coefficient (Wildman–Crippen LogP) is 3.92. The van der Waals surface area contributed by atoms with Gasteiger partial charge in [0.05, 0.1) is 11.3 Å². The van der Waals surface area contributed by atoms with Crippen LogP contribution in [-0.4, -0.2) is 9.97 Å². The third kappa shape index (κ3) is 2.47. The number of rotatable bonds is 1. The number of halogens is 3. The summed E-state index contributed by atoms with van der Waals surface area (Å²) in [6, 6.07) is 10.7. The van der Waals surface area contributed by atoms with Gasteiger partial charge in [-0.15, -0.1) is 0 Å². The largest absolute Gasteiger partial charge is 0.417 e. The molecule has 0 aliphatic rings. The lowest BCUT2D eigenvalue weighted by atomic mass is 10.0. The third-order valence-corrected chi connectivity index (χ3v) is 3.38. The number of aromatic amines is 1. The van der Waals surface area contributed by atoms with Crippen molar-refractivity contribution in [2.75, 3.05) is 0 Å². The molecule has 0 radical (unpaired) electrons. The molecule has 2 heterocycles. The maximum Gasteiger partial charge on any atom is 0.417 e. The highest BCUT2D eigenvalue weighted by molar-refractivity contribution is 5.85. The van der Waals surface area contributed by atoms with E-state index in [0.29, 0.717) is 5.56 Å². The number of alkyl halides is 3. The van der Waals surface area contributed by atoms with Gasteiger partial charge in [0.2, 0.25) is 5.56 Å². The second-order valence-corrected chi connectivity index (χ2v) is 4.96. The summed E-state index contributed by atoms with van der Waals surface area (Å²) in [6.45, 7) is 1.47. The van der Waals surface area contributed by atoms with E-state index in [1.165, 1.54) is 6.92 Å². The topological polar surface area (TPSA) is 45.8 Å². The Bertz CT molecular complexity index is 899. The Hall–Kier alpha value is -2.63. The van der Waals surface area contributed by atoms with Crippen LogP contribution in [0.15, 0.2) is 47.3 Å². The first-order valence-corrected chi connectivity index (χ1v) is 6.53. The van der Waals surface area contributed by atoms with Gasteiger partial charge in [-0.3, -0.25) is 4.79 Å². The molecule has 0 aliphatic heterocycles. The summed E-state index contributed by atoms with van der Waals surface area (Å²) in [5.41, 5.74) is -0.364. The van der Waals surface area contributed by atoms with Gasteiger partial charge >= 0.3 is 6.18 Å². The molecule has 0 unspecified atom stereocenters. The summed E-state index contributed by atoms with van der Waals surface area (Å²) in [5, 5.41) is -0.0771. The van der Waals surface area contributed by atoms with Crippen LogP contribution in [0.3, 0.4) is 0 Å². The summed E-state index contributed by atoms with van der Waals surface area (Å²) >= 11 is 0. The average molecular weight is 304 g/mol. The molecule has 22 heavy (non-hydrogen) atoms. The molecule has 3 aromatic rings. The van der Waals surface area contributed by atoms with Gasteiger partial charge in [-0.05, 0) is 18.6 Å². The number of H-pyrrole nitrogens is 1. The smallest absolute Gasteiger partial charge is 0.307 e. The predicted molar refractivity (Wildman–Crippen MR) is 77.5 cm³/mol. The summed E-state index contributed by atoms with van der Waals surface area (Å²) in [4.78, 5) is 18.1. The zero-order chi connectivity index (χ0) is 15.9. The van der Waals surface area contributed by atoms with Gasteiger partial charge in [0, 0.05) is 17.0 Å². The van der Waals surface area contributed by atoms with Crippen molar-refractivity contribution in [2.45, 2.75) is 13.1 Å². The van der Waals surface area contributed by atoms with Crippen molar-refractivity contribution in [1.82, 2.24) is 9.97 Å². The normalized spacial score (nSPS) is 11.8. The average Bonchev–Trinajstić information content (AvgIpc) is 2.45. The SMILES string of the molecule is Cc1cc(=O)[nH]c2nc(-c3ccccc3)cc(C(F)(F)F)c12. The van der Waals surface area contributed by atoms with E-state index in [1.54, 1.807) is 30.3 Å². The number of aryl methyl sites for hydroxylation is 1. The van der Waals surface area contributed by atoms with E-state index < -0.39 is 17.3 Å². The van der Waals surface area contributed by atoms with Crippen LogP contribution in [0, 0.1) is 6.92 Å². The minimum absolute atomic E-state index is 0.0568. The van der Waals surface area contributed by atoms with E-state index >= 15 is 0 Å². The molecule has 0 atom stereocenters. The molecule has 0 saturated carbocycles. The zero-order valence-electron chi connectivity index (χ0n) is 11.5. The summed E-state index contributed by atoms with van der Waals surface area (Å²) in [5.74, 6) is 0. The van der Waals surface area contributed by atoms with Crippen molar-refractivity contribution in [3.63, 3.8) is 0 Å². The van der Waals surface area contributed by atoms with Gasteiger partial charge in [-0.25, -0.2) is 4.98 Å². The van der Waals surface area contributed by atoms with Crippen LogP contribution in [0.25, 0.3) is 22.3 Å². The van der Waals surface area contributed by atoms with E-state index in [9.17, 15) is 18.0 Å². The maximum atomic E-state index is 13.4. The fourth-order valence-electron chi connectivity index (χ4n) is 2.44. The molecule has 0 amide bonds. The van der Waals surface area contributed by atoms with E-state index in [-0.39, 0.29) is 22.3 Å². The van der Waals surface area contributed by atoms with Gasteiger partial charge in [0.1, 0.15) is 5.65 Å². The van der Waals surface area contributed by atoms with Crippen molar-refractivity contribution in [2.24, 2.45) is 0 Å². The van der Waals surface area contributed by atoms with Crippen LogP contribution in [0.5, 0.6) is 0 Å². The van der Waals surface area contributed by atoms with Gasteiger partial charge < -0.3 is 4.98 Å². The highest BCUT2D eigenvalue weighted by atomic mass is 19.4. The summed E-state index contributed by atoms with van der Waals surface area (Å²) < 4.78 is 40.1. The number of nitrogens with one attached hydrogen (secondary N) is 1. The van der Waals surface area contributed by atoms with E-state index in [2.05, 4.69) is 9.97 Å². The monoisotopic (exact) mass is 304 g/mol. The standard InChI is InChI=1S/C16H11F3N2O/c1-9-7-13(22)21-15-14(9)11(16(17,18)19)8-12(20-15)10-5-3-2-4-6-10/h2-8H,1H3,(H,20,21,22). The summed E-state index contributed by atoms with van der Waals surface area (Å²) in [6.07, 6.45) is -4.53. The molecule has 3 nitrogen and oxygen atoms in total. The molecule has 1 N–H and O–H groups in total. The Morgan fingerprint density at radius 1 is 1.09 bits per heavy atom. The Labute approximate surface area is 123 Å². The number of benzene rings is 1. The third-order valence-electron chi connectivity index (χ3n) is 3.38. The van der Waals surface area contributed by atoms with Crippen molar-refractivity contribution < 1.29 is 13.2 Å². The molecule has 0 aliphatic carbocycles. The van der Waals surface area contributed by atoms with Gasteiger partial charge in [-0.1, -0.05) is 30.3 Å². The highest BCUT2D eigenvalue weighted by Gasteiger charge is 2.34. The highest BCUT2D eigenvalue weighted by Crippen LogP contribution is 2.37. The van der Waals surface area contributed by atoms with E-state index in [4.69, 9.17) is 0 Å². The van der Waals surface area contributed by atoms with Crippen LogP contribution in [0.2, 0.25) is 0 Å². The number of aromatic nitrogens is 2. The lowest BCUT2D eigenvalue weighted by molar-refractivity contribution is -0.136. The van der Waals surface area contributed by atoms with Crippen molar-refractivity contribution in [3.8, 4) is 11.3 Å². The van der Waals surface area contributed by atoms with E-state index in [1.807, 2.05) is 0 Å². The maximum absolute atomic E-state index is 13.4. The second-order valence-electron chi connectivity index (χ2n) is 4.96. The Morgan fingerprint density at radius 3 is 2.41 bits per heavy atom. The first-order valence-electron chi connectivity index (χ1n) is 6.53. The Balaban J connectivity index is 2.41. The second kappa shape index (κ2) is 4.98. The Kier molecular flexibility index (Phi) is 3.24. The molecule has 0 saturated heterocycles. The van der Waals surface area contributed by atoms with Crippen molar-refractivity contribution >= 4 is 11.0 Å². The quantitative estimate of drug-likeness (QED) is 0.740. The van der Waals surface area contributed by atoms with Crippen molar-refractivity contribution in [3.05, 3.63) is 63.9 Å². The first-order chi connectivity index (χ1) is 10.4. The molecule has 0 spiro atoms. The van der Waals surface area contributed by atoms with Gasteiger partial charge in [0.15, 0.2) is 0 Å². The number of fused-ring (bicyclic) bond motifs is 1. The molecule has 3 rings (SSSR count). The van der Waals surface area contributed by atoms with Gasteiger partial charge in [0.25, 0.3) is 0 Å². The molecule has 2 aromatic heterocycles. The molecular weight excluding hydrogens is 293 g/mol. The van der Waals surface area contributed by atoms with Crippen LogP contribution < -0.4 is 5.56 Å². The summed E-state index contributed by atoms with van der Waals surface area (Å²) in [7, 11) is 0. The lowest BCUT2D eigenvalue weighted by Gasteiger charge is -2.14. The molecular formula is C16H11F3N2O. The minimum Gasteiger partial charge on any atom is -0.307 e. The number of hydrogen-bond acceptors (Lipinski definition) is 2. The molecule has 112 valence electrons. The molecule has 1 aromatic carbocycles. The van der Waals surface area contributed by atoms with Crippen LogP contribution in [0.4, 0.5) is 13.2 Å². The number of pyridine rings is 2. The zero-order valence-corrected chi connectivity index (χ0v) is 11.5. The van der Waals surface area contributed by atoms with Gasteiger partial charge in [-0.2, -0.15) is 13.2 Å². The lowest BCUT2D eigenvalue weighted by Crippen LogP contribution is -2.12. The van der Waals surface area contributed by atoms with Crippen LogP contribution >= 0.6 is 0 Å². The van der Waals surface area contributed by atoms with E-state index in [0.717, 1.165) is 12.1 Å². The molecule has 0 fully saturated rings. The first kappa shape index (κ1) is 14.3. The number of hydrogen-bond donors (Lipinski definition) is 1. The fraction of sp³-hybridized carbons (Fsp3) is 0.125. The molecule has 0 bridgehead atoms. The molecule has 6 heteroatoms. The minimum atomic E-state index is -4.53. The van der Waals surface area contributed by atoms with Crippen molar-refractivity contribution in [1.29, 1.82) is 0 Å². The Morgan fingerprint density at radius 2 is 1.77 bits per heavy atom. The number of nitrogens with zero attached hydrogens (tertiary/aromatic N) is 1. The van der Waals surface area contributed by atoms with Crippen LogP contribution in [-0.2, 0) is 6.18 Å².